The molecule has 27 heavy (non-hydrogen) atoms. The van der Waals surface area contributed by atoms with Gasteiger partial charge in [-0.1, -0.05) is 28.1 Å². The van der Waals surface area contributed by atoms with Crippen molar-refractivity contribution in [2.75, 3.05) is 44.7 Å². The summed E-state index contributed by atoms with van der Waals surface area (Å²) in [5.41, 5.74) is 1.45. The largest absolute Gasteiger partial charge is 0.507 e. The number of benzene rings is 2. The molecule has 0 radical (unpaired) electrons. The number of fused-ring (bicyclic) bond motifs is 1. The quantitative estimate of drug-likeness (QED) is 0.647. The van der Waals surface area contributed by atoms with Crippen LogP contribution in [0.5, 0.6) is 5.75 Å². The number of nitrogens with zero attached hydrogens (tertiary/aromatic N) is 3. The maximum atomic E-state index is 10.3. The van der Waals surface area contributed by atoms with E-state index in [9.17, 15) is 5.11 Å². The summed E-state index contributed by atoms with van der Waals surface area (Å²) < 4.78 is 6.27. The van der Waals surface area contributed by atoms with Gasteiger partial charge in [0, 0.05) is 36.0 Å². The first-order valence-electron chi connectivity index (χ1n) is 9.00. The number of aromatic hydroxyl groups is 1. The average Bonchev–Trinajstić information content (AvgIpc) is 2.70. The lowest BCUT2D eigenvalue weighted by molar-refractivity contribution is 0.0398. The van der Waals surface area contributed by atoms with Gasteiger partial charge >= 0.3 is 0 Å². The lowest BCUT2D eigenvalue weighted by Crippen LogP contribution is -2.39. The third-order valence-electron chi connectivity index (χ3n) is 4.63. The van der Waals surface area contributed by atoms with E-state index in [2.05, 4.69) is 31.1 Å². The van der Waals surface area contributed by atoms with E-state index in [-0.39, 0.29) is 5.75 Å². The number of rotatable bonds is 5. The fourth-order valence-electron chi connectivity index (χ4n) is 3.18. The Morgan fingerprint density at radius 3 is 2.78 bits per heavy atom. The summed E-state index contributed by atoms with van der Waals surface area (Å²) >= 11 is 3.45. The lowest BCUT2D eigenvalue weighted by atomic mass is 10.1. The number of phenolic OH excluding ortho intramolecular Hbond substituents is 1. The molecule has 1 fully saturated rings. The van der Waals surface area contributed by atoms with Crippen molar-refractivity contribution in [1.29, 1.82) is 0 Å². The zero-order valence-corrected chi connectivity index (χ0v) is 16.4. The molecule has 3 aromatic rings. The third kappa shape index (κ3) is 4.21. The van der Waals surface area contributed by atoms with Crippen LogP contribution in [0.4, 0.5) is 5.82 Å². The molecular formula is C20H21BrN4O2. The molecule has 2 aromatic carbocycles. The van der Waals surface area contributed by atoms with Crippen molar-refractivity contribution in [3.8, 4) is 17.1 Å². The molecule has 0 unspecified atom stereocenters. The zero-order chi connectivity index (χ0) is 18.6. The third-order valence-corrected chi connectivity index (χ3v) is 5.12. The van der Waals surface area contributed by atoms with Crippen LogP contribution in [0.3, 0.4) is 0 Å². The molecule has 0 spiro atoms. The smallest absolute Gasteiger partial charge is 0.165 e. The SMILES string of the molecule is Oc1ccc(Br)cc1-c1nc(NCCN2CCOCC2)c2ccccc2n1. The summed E-state index contributed by atoms with van der Waals surface area (Å²) in [7, 11) is 0. The summed E-state index contributed by atoms with van der Waals surface area (Å²) in [6.45, 7) is 5.22. The molecule has 6 nitrogen and oxygen atoms in total. The molecular weight excluding hydrogens is 408 g/mol. The summed E-state index contributed by atoms with van der Waals surface area (Å²) in [4.78, 5) is 11.7. The first kappa shape index (κ1) is 18.2. The van der Waals surface area contributed by atoms with Crippen molar-refractivity contribution in [3.63, 3.8) is 0 Å². The number of morpholine rings is 1. The van der Waals surface area contributed by atoms with Crippen LogP contribution in [0.1, 0.15) is 0 Å². The van der Waals surface area contributed by atoms with Gasteiger partial charge in [-0.2, -0.15) is 0 Å². The van der Waals surface area contributed by atoms with Crippen LogP contribution < -0.4 is 5.32 Å². The molecule has 0 aliphatic carbocycles. The normalized spacial score (nSPS) is 15.1. The van der Waals surface area contributed by atoms with E-state index in [0.29, 0.717) is 11.4 Å². The van der Waals surface area contributed by atoms with Crippen LogP contribution in [0.25, 0.3) is 22.3 Å². The Labute approximate surface area is 166 Å². The van der Waals surface area contributed by atoms with Gasteiger partial charge in [0.25, 0.3) is 0 Å². The van der Waals surface area contributed by atoms with Crippen LogP contribution in [0, 0.1) is 0 Å². The Hall–Kier alpha value is -2.22. The van der Waals surface area contributed by atoms with Gasteiger partial charge in [0.1, 0.15) is 11.6 Å². The van der Waals surface area contributed by atoms with Crippen molar-refractivity contribution >= 4 is 32.7 Å². The fraction of sp³-hybridized carbons (Fsp3) is 0.300. The van der Waals surface area contributed by atoms with Crippen molar-refractivity contribution in [2.24, 2.45) is 0 Å². The first-order valence-corrected chi connectivity index (χ1v) is 9.79. The van der Waals surface area contributed by atoms with Gasteiger partial charge < -0.3 is 15.2 Å². The number of anilines is 1. The Morgan fingerprint density at radius 1 is 1.11 bits per heavy atom. The van der Waals surface area contributed by atoms with Gasteiger partial charge in [-0.25, -0.2) is 9.97 Å². The standard InChI is InChI=1S/C20H21BrN4O2/c21-14-5-6-18(26)16(13-14)20-23-17-4-2-1-3-15(17)19(24-20)22-7-8-25-9-11-27-12-10-25/h1-6,13,26H,7-12H2,(H,22,23,24). The number of halogens is 1. The monoisotopic (exact) mass is 428 g/mol. The number of aromatic nitrogens is 2. The predicted molar refractivity (Wildman–Crippen MR) is 110 cm³/mol. The van der Waals surface area contributed by atoms with Crippen LogP contribution in [-0.4, -0.2) is 59.4 Å². The Kier molecular flexibility index (Phi) is 5.52. The first-order chi connectivity index (χ1) is 13.2. The Morgan fingerprint density at radius 2 is 1.93 bits per heavy atom. The number of para-hydroxylation sites is 1. The van der Waals surface area contributed by atoms with E-state index < -0.39 is 0 Å². The van der Waals surface area contributed by atoms with E-state index >= 15 is 0 Å². The Bertz CT molecular complexity index is 944. The van der Waals surface area contributed by atoms with Gasteiger partial charge in [0.2, 0.25) is 0 Å². The summed E-state index contributed by atoms with van der Waals surface area (Å²) in [5, 5.41) is 14.7. The highest BCUT2D eigenvalue weighted by Gasteiger charge is 2.14. The predicted octanol–water partition coefficient (Wildman–Crippen LogP) is 3.51. The van der Waals surface area contributed by atoms with Gasteiger partial charge in [0.15, 0.2) is 5.82 Å². The van der Waals surface area contributed by atoms with Gasteiger partial charge in [-0.05, 0) is 30.3 Å². The maximum absolute atomic E-state index is 10.3. The van der Waals surface area contributed by atoms with Crippen molar-refractivity contribution in [2.45, 2.75) is 0 Å². The Balaban J connectivity index is 1.63. The zero-order valence-electron chi connectivity index (χ0n) is 14.9. The van der Waals surface area contributed by atoms with Gasteiger partial charge in [0.05, 0.1) is 24.3 Å². The van der Waals surface area contributed by atoms with Crippen LogP contribution >= 0.6 is 15.9 Å². The number of hydrogen-bond acceptors (Lipinski definition) is 6. The molecule has 0 saturated carbocycles. The van der Waals surface area contributed by atoms with E-state index in [1.807, 2.05) is 30.3 Å². The van der Waals surface area contributed by atoms with Crippen LogP contribution in [-0.2, 0) is 4.74 Å². The second kappa shape index (κ2) is 8.21. The van der Waals surface area contributed by atoms with E-state index in [0.717, 1.165) is 60.6 Å². The van der Waals surface area contributed by atoms with Gasteiger partial charge in [-0.15, -0.1) is 0 Å². The van der Waals surface area contributed by atoms with Crippen molar-refractivity contribution in [1.82, 2.24) is 14.9 Å². The molecule has 0 amide bonds. The minimum Gasteiger partial charge on any atom is -0.507 e. The molecule has 140 valence electrons. The molecule has 0 bridgehead atoms. The molecule has 2 heterocycles. The highest BCUT2D eigenvalue weighted by atomic mass is 79.9. The van der Waals surface area contributed by atoms with Crippen LogP contribution in [0.15, 0.2) is 46.9 Å². The fourth-order valence-corrected chi connectivity index (χ4v) is 3.54. The van der Waals surface area contributed by atoms with E-state index in [1.165, 1.54) is 0 Å². The lowest BCUT2D eigenvalue weighted by Gasteiger charge is -2.26. The summed E-state index contributed by atoms with van der Waals surface area (Å²) in [5.74, 6) is 1.44. The number of ether oxygens (including phenoxy) is 1. The molecule has 7 heteroatoms. The maximum Gasteiger partial charge on any atom is 0.165 e. The summed E-state index contributed by atoms with van der Waals surface area (Å²) in [6.07, 6.45) is 0. The van der Waals surface area contributed by atoms with E-state index in [4.69, 9.17) is 9.72 Å². The molecule has 0 atom stereocenters. The minimum absolute atomic E-state index is 0.160. The van der Waals surface area contributed by atoms with Gasteiger partial charge in [-0.3, -0.25) is 4.90 Å². The number of phenols is 1. The topological polar surface area (TPSA) is 70.5 Å². The molecule has 1 saturated heterocycles. The number of hydrogen-bond donors (Lipinski definition) is 2. The summed E-state index contributed by atoms with van der Waals surface area (Å²) in [6, 6.07) is 13.2. The molecule has 4 rings (SSSR count). The highest BCUT2D eigenvalue weighted by Crippen LogP contribution is 2.32. The molecule has 1 aromatic heterocycles. The van der Waals surface area contributed by atoms with E-state index in [1.54, 1.807) is 12.1 Å². The van der Waals surface area contributed by atoms with Crippen molar-refractivity contribution < 1.29 is 9.84 Å². The van der Waals surface area contributed by atoms with Crippen LogP contribution in [0.2, 0.25) is 0 Å². The molecule has 1 aliphatic rings. The highest BCUT2D eigenvalue weighted by molar-refractivity contribution is 9.10. The average molecular weight is 429 g/mol. The molecule has 2 N–H and O–H groups in total. The minimum atomic E-state index is 0.160. The second-order valence-corrected chi connectivity index (χ2v) is 7.37. The second-order valence-electron chi connectivity index (χ2n) is 6.46. The molecule has 1 aliphatic heterocycles. The van der Waals surface area contributed by atoms with Crippen molar-refractivity contribution in [3.05, 3.63) is 46.9 Å². The number of nitrogens with one attached hydrogen (secondary N) is 1.